The molecule has 0 bridgehead atoms. The highest BCUT2D eigenvalue weighted by Crippen LogP contribution is 2.39. The van der Waals surface area contributed by atoms with Crippen LogP contribution in [0.1, 0.15) is 0 Å². The molecule has 0 saturated heterocycles. The Balaban J connectivity index is 2.19. The highest BCUT2D eigenvalue weighted by Gasteiger charge is 2.17. The van der Waals surface area contributed by atoms with Gasteiger partial charge in [0.25, 0.3) is 0 Å². The van der Waals surface area contributed by atoms with Crippen LogP contribution in [0.2, 0.25) is 5.15 Å². The SMILES string of the molecule is COc1ccc(-c2oc3ncnc(Cl)c3c2Br)cc1. The quantitative estimate of drug-likeness (QED) is 0.653. The van der Waals surface area contributed by atoms with Crippen molar-refractivity contribution in [2.45, 2.75) is 0 Å². The van der Waals surface area contributed by atoms with Gasteiger partial charge in [0.1, 0.15) is 17.2 Å². The van der Waals surface area contributed by atoms with Gasteiger partial charge in [-0.1, -0.05) is 11.6 Å². The largest absolute Gasteiger partial charge is 0.497 e. The summed E-state index contributed by atoms with van der Waals surface area (Å²) in [5.41, 5.74) is 1.36. The Morgan fingerprint density at radius 1 is 1.21 bits per heavy atom. The van der Waals surface area contributed by atoms with Crippen molar-refractivity contribution in [2.24, 2.45) is 0 Å². The third-order valence-electron chi connectivity index (χ3n) is 2.74. The van der Waals surface area contributed by atoms with Crippen LogP contribution in [-0.4, -0.2) is 17.1 Å². The van der Waals surface area contributed by atoms with E-state index in [0.717, 1.165) is 15.8 Å². The van der Waals surface area contributed by atoms with E-state index in [1.54, 1.807) is 7.11 Å². The molecule has 6 heteroatoms. The summed E-state index contributed by atoms with van der Waals surface area (Å²) in [6.45, 7) is 0. The Kier molecular flexibility index (Phi) is 3.16. The van der Waals surface area contributed by atoms with Crippen molar-refractivity contribution in [3.8, 4) is 17.1 Å². The van der Waals surface area contributed by atoms with Gasteiger partial charge in [-0.25, -0.2) is 9.97 Å². The summed E-state index contributed by atoms with van der Waals surface area (Å²) in [6, 6.07) is 7.54. The zero-order valence-electron chi connectivity index (χ0n) is 9.85. The first-order chi connectivity index (χ1) is 9.20. The topological polar surface area (TPSA) is 48.2 Å². The van der Waals surface area contributed by atoms with Crippen LogP contribution in [-0.2, 0) is 0 Å². The van der Waals surface area contributed by atoms with Crippen molar-refractivity contribution in [3.63, 3.8) is 0 Å². The number of fused-ring (bicyclic) bond motifs is 1. The van der Waals surface area contributed by atoms with Crippen LogP contribution in [0.5, 0.6) is 5.75 Å². The summed E-state index contributed by atoms with van der Waals surface area (Å²) in [5, 5.41) is 1.04. The second kappa shape index (κ2) is 4.83. The molecule has 0 N–H and O–H groups in total. The molecule has 3 aromatic rings. The number of aromatic nitrogens is 2. The maximum atomic E-state index is 6.05. The Hall–Kier alpha value is -1.59. The number of furan rings is 1. The molecule has 0 aliphatic rings. The Labute approximate surface area is 122 Å². The molecule has 0 saturated carbocycles. The molecule has 3 rings (SSSR count). The average Bonchev–Trinajstić information content (AvgIpc) is 2.78. The van der Waals surface area contributed by atoms with Crippen molar-refractivity contribution >= 4 is 38.6 Å². The number of rotatable bonds is 2. The minimum absolute atomic E-state index is 0.361. The summed E-state index contributed by atoms with van der Waals surface area (Å²) in [5.74, 6) is 1.45. The van der Waals surface area contributed by atoms with Crippen molar-refractivity contribution < 1.29 is 9.15 Å². The predicted molar refractivity (Wildman–Crippen MR) is 76.5 cm³/mol. The average molecular weight is 340 g/mol. The third kappa shape index (κ3) is 2.09. The van der Waals surface area contributed by atoms with Gasteiger partial charge in [-0.2, -0.15) is 0 Å². The summed E-state index contributed by atoms with van der Waals surface area (Å²) >= 11 is 9.54. The van der Waals surface area contributed by atoms with E-state index >= 15 is 0 Å². The molecule has 0 fully saturated rings. The third-order valence-corrected chi connectivity index (χ3v) is 3.78. The van der Waals surface area contributed by atoms with Crippen LogP contribution in [0.3, 0.4) is 0 Å². The maximum Gasteiger partial charge on any atom is 0.232 e. The van der Waals surface area contributed by atoms with Crippen molar-refractivity contribution in [2.75, 3.05) is 7.11 Å². The maximum absolute atomic E-state index is 6.05. The zero-order chi connectivity index (χ0) is 13.4. The van der Waals surface area contributed by atoms with E-state index in [4.69, 9.17) is 20.8 Å². The molecule has 0 unspecified atom stereocenters. The molecule has 0 atom stereocenters. The lowest BCUT2D eigenvalue weighted by Crippen LogP contribution is -1.82. The lowest BCUT2D eigenvalue weighted by Gasteiger charge is -2.01. The number of ether oxygens (including phenoxy) is 1. The fourth-order valence-electron chi connectivity index (χ4n) is 1.79. The smallest absolute Gasteiger partial charge is 0.232 e. The van der Waals surface area contributed by atoms with E-state index in [9.17, 15) is 0 Å². The van der Waals surface area contributed by atoms with Crippen LogP contribution in [0.4, 0.5) is 0 Å². The Morgan fingerprint density at radius 3 is 2.58 bits per heavy atom. The molecule has 19 heavy (non-hydrogen) atoms. The molecule has 0 radical (unpaired) electrons. The minimum Gasteiger partial charge on any atom is -0.497 e. The molecular formula is C13H8BrClN2O2. The normalized spacial score (nSPS) is 10.9. The van der Waals surface area contributed by atoms with Gasteiger partial charge in [0.15, 0.2) is 5.76 Å². The van der Waals surface area contributed by atoms with Crippen molar-refractivity contribution in [1.29, 1.82) is 0 Å². The number of hydrogen-bond acceptors (Lipinski definition) is 4. The molecule has 0 aliphatic carbocycles. The van der Waals surface area contributed by atoms with Crippen molar-refractivity contribution in [1.82, 2.24) is 9.97 Å². The van der Waals surface area contributed by atoms with Gasteiger partial charge in [0.05, 0.1) is 17.0 Å². The zero-order valence-corrected chi connectivity index (χ0v) is 12.2. The summed E-state index contributed by atoms with van der Waals surface area (Å²) in [4.78, 5) is 8.01. The first kappa shape index (κ1) is 12.4. The highest BCUT2D eigenvalue weighted by atomic mass is 79.9. The second-order valence-electron chi connectivity index (χ2n) is 3.82. The Morgan fingerprint density at radius 2 is 1.95 bits per heavy atom. The lowest BCUT2D eigenvalue weighted by atomic mass is 10.1. The first-order valence-corrected chi connectivity index (χ1v) is 6.60. The summed E-state index contributed by atoms with van der Waals surface area (Å²) in [7, 11) is 1.63. The summed E-state index contributed by atoms with van der Waals surface area (Å²) in [6.07, 6.45) is 1.37. The Bertz CT molecular complexity index is 740. The van der Waals surface area contributed by atoms with E-state index in [1.165, 1.54) is 6.33 Å². The molecule has 96 valence electrons. The molecule has 2 heterocycles. The molecule has 2 aromatic heterocycles. The van der Waals surface area contributed by atoms with Crippen LogP contribution in [0.25, 0.3) is 22.4 Å². The minimum atomic E-state index is 0.361. The van der Waals surface area contributed by atoms with E-state index in [-0.39, 0.29) is 0 Å². The number of halogens is 2. The number of methoxy groups -OCH3 is 1. The van der Waals surface area contributed by atoms with E-state index < -0.39 is 0 Å². The predicted octanol–water partition coefficient (Wildman–Crippen LogP) is 4.31. The van der Waals surface area contributed by atoms with E-state index in [2.05, 4.69) is 25.9 Å². The molecule has 0 spiro atoms. The molecular weight excluding hydrogens is 332 g/mol. The summed E-state index contributed by atoms with van der Waals surface area (Å²) < 4.78 is 11.6. The highest BCUT2D eigenvalue weighted by molar-refractivity contribution is 9.10. The number of hydrogen-bond donors (Lipinski definition) is 0. The van der Waals surface area contributed by atoms with Crippen molar-refractivity contribution in [3.05, 3.63) is 40.2 Å². The molecule has 4 nitrogen and oxygen atoms in total. The van der Waals surface area contributed by atoms with E-state index in [0.29, 0.717) is 22.0 Å². The van der Waals surface area contributed by atoms with Crippen LogP contribution >= 0.6 is 27.5 Å². The lowest BCUT2D eigenvalue weighted by molar-refractivity contribution is 0.415. The van der Waals surface area contributed by atoms with Gasteiger partial charge in [0.2, 0.25) is 5.71 Å². The van der Waals surface area contributed by atoms with Gasteiger partial charge in [-0.3, -0.25) is 0 Å². The molecule has 1 aromatic carbocycles. The molecule has 0 aliphatic heterocycles. The van der Waals surface area contributed by atoms with Gasteiger partial charge < -0.3 is 9.15 Å². The van der Waals surface area contributed by atoms with E-state index in [1.807, 2.05) is 24.3 Å². The fraction of sp³-hybridized carbons (Fsp3) is 0.0769. The van der Waals surface area contributed by atoms with Gasteiger partial charge >= 0.3 is 0 Å². The van der Waals surface area contributed by atoms with Gasteiger partial charge in [-0.05, 0) is 40.2 Å². The fourth-order valence-corrected chi connectivity index (χ4v) is 2.79. The monoisotopic (exact) mass is 338 g/mol. The van der Waals surface area contributed by atoms with Gasteiger partial charge in [0, 0.05) is 5.56 Å². The first-order valence-electron chi connectivity index (χ1n) is 5.43. The van der Waals surface area contributed by atoms with Crippen LogP contribution in [0.15, 0.2) is 39.5 Å². The standard InChI is InChI=1S/C13H8BrClN2O2/c1-18-8-4-2-7(3-5-8)11-10(14)9-12(15)16-6-17-13(9)19-11/h2-6H,1H3. The number of benzene rings is 1. The van der Waals surface area contributed by atoms with Crippen LogP contribution < -0.4 is 4.74 Å². The van der Waals surface area contributed by atoms with Gasteiger partial charge in [-0.15, -0.1) is 0 Å². The second-order valence-corrected chi connectivity index (χ2v) is 4.97. The van der Waals surface area contributed by atoms with Crippen LogP contribution in [0, 0.1) is 0 Å². The molecule has 0 amide bonds. The number of nitrogens with zero attached hydrogens (tertiary/aromatic N) is 2.